The lowest BCUT2D eigenvalue weighted by Crippen LogP contribution is -2.48. The van der Waals surface area contributed by atoms with Gasteiger partial charge in [-0.2, -0.15) is 0 Å². The smallest absolute Gasteiger partial charge is 0.258 e. The number of carbonyl (C=O) groups excluding carboxylic acids is 1. The Hall–Kier alpha value is -3.35. The third-order valence-electron chi connectivity index (χ3n) is 6.02. The molecule has 0 bridgehead atoms. The Labute approximate surface area is 202 Å². The van der Waals surface area contributed by atoms with Gasteiger partial charge in [0.25, 0.3) is 5.91 Å². The van der Waals surface area contributed by atoms with Gasteiger partial charge in [-0.25, -0.2) is 0 Å². The minimum absolute atomic E-state index is 0.0315. The second-order valence-electron chi connectivity index (χ2n) is 8.67. The molecule has 0 aliphatic carbocycles. The van der Waals surface area contributed by atoms with Gasteiger partial charge in [0.05, 0.1) is 6.04 Å². The van der Waals surface area contributed by atoms with Crippen LogP contribution < -0.4 is 14.8 Å². The summed E-state index contributed by atoms with van der Waals surface area (Å²) in [5, 5.41) is 3.17. The molecule has 3 aromatic rings. The van der Waals surface area contributed by atoms with Crippen molar-refractivity contribution in [2.75, 3.05) is 46.4 Å². The topological polar surface area (TPSA) is 54.0 Å². The number of ether oxygens (including phenoxy) is 2. The van der Waals surface area contributed by atoms with Gasteiger partial charge >= 0.3 is 0 Å². The molecule has 1 amide bonds. The van der Waals surface area contributed by atoms with E-state index < -0.39 is 0 Å². The largest absolute Gasteiger partial charge is 0.489 e. The number of amides is 1. The van der Waals surface area contributed by atoms with Crippen LogP contribution in [0, 0.1) is 0 Å². The Morgan fingerprint density at radius 3 is 2.06 bits per heavy atom. The van der Waals surface area contributed by atoms with Crippen LogP contribution >= 0.6 is 0 Å². The number of rotatable bonds is 10. The van der Waals surface area contributed by atoms with Crippen molar-refractivity contribution < 1.29 is 14.3 Å². The van der Waals surface area contributed by atoms with Crippen molar-refractivity contribution in [3.63, 3.8) is 0 Å². The van der Waals surface area contributed by atoms with Gasteiger partial charge in [-0.15, -0.1) is 0 Å². The molecule has 1 aliphatic heterocycles. The van der Waals surface area contributed by atoms with Gasteiger partial charge in [0.2, 0.25) is 0 Å². The Morgan fingerprint density at radius 2 is 1.41 bits per heavy atom. The minimum atomic E-state index is -0.132. The summed E-state index contributed by atoms with van der Waals surface area (Å²) in [6, 6.07) is 27.5. The zero-order valence-corrected chi connectivity index (χ0v) is 19.7. The van der Waals surface area contributed by atoms with E-state index in [1.807, 2.05) is 72.8 Å². The fraction of sp³-hybridized carbons (Fsp3) is 0.321. The molecule has 1 heterocycles. The Kier molecular flexibility index (Phi) is 8.54. The first-order valence-electron chi connectivity index (χ1n) is 11.8. The summed E-state index contributed by atoms with van der Waals surface area (Å²) in [5.41, 5.74) is 2.22. The lowest BCUT2D eigenvalue weighted by Gasteiger charge is -2.35. The van der Waals surface area contributed by atoms with Crippen LogP contribution in [-0.2, 0) is 11.4 Å². The number of carbonyl (C=O) groups is 1. The van der Waals surface area contributed by atoms with E-state index in [1.165, 1.54) is 0 Å². The second-order valence-corrected chi connectivity index (χ2v) is 8.67. The van der Waals surface area contributed by atoms with Gasteiger partial charge < -0.3 is 19.7 Å². The molecule has 1 saturated heterocycles. The standard InChI is InChI=1S/C28H33N3O3/c1-30-16-18-31(19-17-30)20-27(24-10-6-3-7-11-24)29-28(32)22-34-26-14-12-25(13-15-26)33-21-23-8-4-2-5-9-23/h2-15,27H,16-22H2,1H3,(H,29,32). The molecule has 0 saturated carbocycles. The monoisotopic (exact) mass is 459 g/mol. The molecule has 0 spiro atoms. The maximum absolute atomic E-state index is 12.7. The molecule has 0 radical (unpaired) electrons. The number of piperazine rings is 1. The van der Waals surface area contributed by atoms with E-state index in [4.69, 9.17) is 9.47 Å². The molecular formula is C28H33N3O3. The van der Waals surface area contributed by atoms with Crippen molar-refractivity contribution in [3.05, 3.63) is 96.1 Å². The third kappa shape index (κ3) is 7.33. The highest BCUT2D eigenvalue weighted by atomic mass is 16.5. The van der Waals surface area contributed by atoms with Gasteiger partial charge in [0, 0.05) is 32.7 Å². The molecule has 6 nitrogen and oxygen atoms in total. The lowest BCUT2D eigenvalue weighted by atomic mass is 10.1. The first kappa shape index (κ1) is 23.8. The predicted octanol–water partition coefficient (Wildman–Crippen LogP) is 3.75. The second kappa shape index (κ2) is 12.2. The zero-order chi connectivity index (χ0) is 23.6. The van der Waals surface area contributed by atoms with E-state index in [-0.39, 0.29) is 18.6 Å². The summed E-state index contributed by atoms with van der Waals surface area (Å²) in [5.74, 6) is 1.27. The maximum Gasteiger partial charge on any atom is 0.258 e. The average molecular weight is 460 g/mol. The molecule has 6 heteroatoms. The quantitative estimate of drug-likeness (QED) is 0.501. The Morgan fingerprint density at radius 1 is 0.824 bits per heavy atom. The Bertz CT molecular complexity index is 1000. The van der Waals surface area contributed by atoms with Gasteiger partial charge in [-0.3, -0.25) is 9.69 Å². The van der Waals surface area contributed by atoms with E-state index in [1.54, 1.807) is 0 Å². The molecule has 178 valence electrons. The van der Waals surface area contributed by atoms with Gasteiger partial charge in [-0.1, -0.05) is 60.7 Å². The van der Waals surface area contributed by atoms with Crippen molar-refractivity contribution in [3.8, 4) is 11.5 Å². The molecule has 4 rings (SSSR count). The fourth-order valence-electron chi connectivity index (χ4n) is 3.97. The van der Waals surface area contributed by atoms with Crippen LogP contribution in [0.4, 0.5) is 0 Å². The summed E-state index contributed by atoms with van der Waals surface area (Å²) in [6.45, 7) is 5.37. The van der Waals surface area contributed by atoms with Crippen molar-refractivity contribution in [1.29, 1.82) is 0 Å². The highest BCUT2D eigenvalue weighted by Gasteiger charge is 2.21. The van der Waals surface area contributed by atoms with Crippen LogP contribution in [0.1, 0.15) is 17.2 Å². The molecule has 1 fully saturated rings. The minimum Gasteiger partial charge on any atom is -0.489 e. The third-order valence-corrected chi connectivity index (χ3v) is 6.02. The van der Waals surface area contributed by atoms with Gasteiger partial charge in [0.15, 0.2) is 6.61 Å². The lowest BCUT2D eigenvalue weighted by molar-refractivity contribution is -0.124. The number of benzene rings is 3. The molecule has 3 aromatic carbocycles. The van der Waals surface area contributed by atoms with Crippen LogP contribution in [0.5, 0.6) is 11.5 Å². The van der Waals surface area contributed by atoms with Crippen molar-refractivity contribution in [2.45, 2.75) is 12.6 Å². The van der Waals surface area contributed by atoms with Crippen LogP contribution in [0.25, 0.3) is 0 Å². The molecule has 0 aromatic heterocycles. The van der Waals surface area contributed by atoms with E-state index in [9.17, 15) is 4.79 Å². The van der Waals surface area contributed by atoms with Crippen LogP contribution in [0.2, 0.25) is 0 Å². The molecule has 1 unspecified atom stereocenters. The van der Waals surface area contributed by atoms with Gasteiger partial charge in [-0.05, 0) is 42.4 Å². The van der Waals surface area contributed by atoms with E-state index in [0.29, 0.717) is 12.4 Å². The first-order valence-corrected chi connectivity index (χ1v) is 11.8. The fourth-order valence-corrected chi connectivity index (χ4v) is 3.97. The summed E-state index contributed by atoms with van der Waals surface area (Å²) in [7, 11) is 2.15. The van der Waals surface area contributed by atoms with Crippen LogP contribution in [0.15, 0.2) is 84.9 Å². The SMILES string of the molecule is CN1CCN(CC(NC(=O)COc2ccc(OCc3ccccc3)cc2)c2ccccc2)CC1. The van der Waals surface area contributed by atoms with E-state index in [2.05, 4.69) is 34.3 Å². The molecule has 1 aliphatic rings. The normalized spacial score (nSPS) is 15.4. The molecule has 34 heavy (non-hydrogen) atoms. The summed E-state index contributed by atoms with van der Waals surface area (Å²) in [4.78, 5) is 17.5. The highest BCUT2D eigenvalue weighted by Crippen LogP contribution is 2.19. The van der Waals surface area contributed by atoms with Crippen LogP contribution in [0.3, 0.4) is 0 Å². The van der Waals surface area contributed by atoms with Gasteiger partial charge in [0.1, 0.15) is 18.1 Å². The molecule has 1 N–H and O–H groups in total. The van der Waals surface area contributed by atoms with Crippen molar-refractivity contribution in [1.82, 2.24) is 15.1 Å². The number of nitrogens with one attached hydrogen (secondary N) is 1. The highest BCUT2D eigenvalue weighted by molar-refractivity contribution is 5.78. The maximum atomic E-state index is 12.7. The number of hydrogen-bond donors (Lipinski definition) is 1. The summed E-state index contributed by atoms with van der Waals surface area (Å²) < 4.78 is 11.5. The Balaban J connectivity index is 1.27. The predicted molar refractivity (Wildman–Crippen MR) is 134 cm³/mol. The van der Waals surface area contributed by atoms with E-state index >= 15 is 0 Å². The number of nitrogens with zero attached hydrogens (tertiary/aromatic N) is 2. The van der Waals surface area contributed by atoms with E-state index in [0.717, 1.165) is 49.6 Å². The first-order chi connectivity index (χ1) is 16.7. The van der Waals surface area contributed by atoms with Crippen LogP contribution in [-0.4, -0.2) is 62.1 Å². The number of likely N-dealkylation sites (N-methyl/N-ethyl adjacent to an activating group) is 1. The zero-order valence-electron chi connectivity index (χ0n) is 19.7. The average Bonchev–Trinajstić information content (AvgIpc) is 2.89. The van der Waals surface area contributed by atoms with Crippen molar-refractivity contribution >= 4 is 5.91 Å². The summed E-state index contributed by atoms with van der Waals surface area (Å²) in [6.07, 6.45) is 0. The molecule has 1 atom stereocenters. The van der Waals surface area contributed by atoms with Crippen molar-refractivity contribution in [2.24, 2.45) is 0 Å². The number of hydrogen-bond acceptors (Lipinski definition) is 5. The molecular weight excluding hydrogens is 426 g/mol. The summed E-state index contributed by atoms with van der Waals surface area (Å²) >= 11 is 0.